The topological polar surface area (TPSA) is 36.4 Å². The minimum Gasteiger partial charge on any atom is -0.368 e. The first-order valence-electron chi connectivity index (χ1n) is 8.77. The van der Waals surface area contributed by atoms with Crippen molar-refractivity contribution >= 4 is 40.3 Å². The molecule has 0 aliphatic carbocycles. The third-order valence-corrected chi connectivity index (χ3v) is 5.42. The highest BCUT2D eigenvalue weighted by atomic mass is 35.5. The first-order valence-corrected chi connectivity index (χ1v) is 9.15. The lowest BCUT2D eigenvalue weighted by atomic mass is 10.1. The van der Waals surface area contributed by atoms with Crippen LogP contribution in [0.3, 0.4) is 0 Å². The quantitative estimate of drug-likeness (QED) is 0.647. The number of anilines is 2. The molecule has 1 fully saturated rings. The zero-order valence-corrected chi connectivity index (χ0v) is 15.4. The monoisotopic (exact) mass is 365 g/mol. The molecule has 5 heteroatoms. The van der Waals surface area contributed by atoms with E-state index in [-0.39, 0.29) is 0 Å². The predicted molar refractivity (Wildman–Crippen MR) is 108 cm³/mol. The first-order chi connectivity index (χ1) is 12.7. The Morgan fingerprint density at radius 1 is 1.00 bits per heavy atom. The molecule has 0 bridgehead atoms. The van der Waals surface area contributed by atoms with E-state index in [0.717, 1.165) is 54.7 Å². The molecule has 0 unspecified atom stereocenters. The van der Waals surface area contributed by atoms with Gasteiger partial charge in [0, 0.05) is 42.3 Å². The van der Waals surface area contributed by atoms with E-state index in [1.807, 2.05) is 31.2 Å². The summed E-state index contributed by atoms with van der Waals surface area (Å²) in [5, 5.41) is 1.64. The van der Waals surface area contributed by atoms with Gasteiger partial charge in [0.15, 0.2) is 6.29 Å². The number of aromatic nitrogens is 1. The van der Waals surface area contributed by atoms with E-state index in [2.05, 4.69) is 34.1 Å². The van der Waals surface area contributed by atoms with E-state index in [0.29, 0.717) is 10.6 Å². The van der Waals surface area contributed by atoms with E-state index in [1.165, 1.54) is 5.69 Å². The molecule has 2 heterocycles. The molecule has 4 nitrogen and oxygen atoms in total. The summed E-state index contributed by atoms with van der Waals surface area (Å²) < 4.78 is 0. The van der Waals surface area contributed by atoms with Gasteiger partial charge in [0.25, 0.3) is 0 Å². The highest BCUT2D eigenvalue weighted by Gasteiger charge is 2.21. The molecule has 0 amide bonds. The standard InChI is InChI=1S/C21H20ClN3O/c1-15-19(22)8-7-16-13-17(14-26)21(23-20(15)16)25-11-9-24(10-12-25)18-5-3-2-4-6-18/h2-8,13-14H,9-12H2,1H3. The summed E-state index contributed by atoms with van der Waals surface area (Å²) in [6.07, 6.45) is 0.898. The summed E-state index contributed by atoms with van der Waals surface area (Å²) in [5.74, 6) is 0.755. The second kappa shape index (κ2) is 6.96. The minimum atomic E-state index is 0.632. The fourth-order valence-corrected chi connectivity index (χ4v) is 3.67. The van der Waals surface area contributed by atoms with Gasteiger partial charge in [-0.1, -0.05) is 35.9 Å². The molecule has 1 saturated heterocycles. The number of rotatable bonds is 3. The van der Waals surface area contributed by atoms with E-state index < -0.39 is 0 Å². The number of halogens is 1. The Labute approximate surface area is 158 Å². The summed E-state index contributed by atoms with van der Waals surface area (Å²) in [6.45, 7) is 5.42. The van der Waals surface area contributed by atoms with Crippen LogP contribution in [0.1, 0.15) is 15.9 Å². The lowest BCUT2D eigenvalue weighted by molar-refractivity contribution is 0.112. The number of nitrogens with zero attached hydrogens (tertiary/aromatic N) is 3. The highest BCUT2D eigenvalue weighted by molar-refractivity contribution is 6.32. The molecule has 132 valence electrons. The zero-order valence-electron chi connectivity index (χ0n) is 14.7. The van der Waals surface area contributed by atoms with Gasteiger partial charge in [0.2, 0.25) is 0 Å². The number of hydrogen-bond donors (Lipinski definition) is 0. The van der Waals surface area contributed by atoms with Crippen LogP contribution in [0, 0.1) is 6.92 Å². The zero-order chi connectivity index (χ0) is 18.1. The van der Waals surface area contributed by atoms with Crippen molar-refractivity contribution in [2.45, 2.75) is 6.92 Å². The highest BCUT2D eigenvalue weighted by Crippen LogP contribution is 2.29. The average Bonchev–Trinajstić information content (AvgIpc) is 2.71. The van der Waals surface area contributed by atoms with Crippen LogP contribution >= 0.6 is 11.6 Å². The second-order valence-electron chi connectivity index (χ2n) is 6.57. The van der Waals surface area contributed by atoms with E-state index in [9.17, 15) is 4.79 Å². The second-order valence-corrected chi connectivity index (χ2v) is 6.98. The van der Waals surface area contributed by atoms with Gasteiger partial charge in [-0.05, 0) is 36.8 Å². The Bertz CT molecular complexity index is 950. The molecule has 26 heavy (non-hydrogen) atoms. The smallest absolute Gasteiger partial charge is 0.153 e. The molecular formula is C21H20ClN3O. The van der Waals surface area contributed by atoms with Gasteiger partial charge in [-0.3, -0.25) is 4.79 Å². The van der Waals surface area contributed by atoms with Gasteiger partial charge in [0.05, 0.1) is 11.1 Å². The maximum absolute atomic E-state index is 11.6. The van der Waals surface area contributed by atoms with Gasteiger partial charge in [-0.25, -0.2) is 4.98 Å². The Morgan fingerprint density at radius 3 is 2.38 bits per heavy atom. The van der Waals surface area contributed by atoms with Crippen LogP contribution < -0.4 is 9.80 Å². The molecule has 1 aliphatic rings. The number of fused-ring (bicyclic) bond motifs is 1. The van der Waals surface area contributed by atoms with Crippen molar-refractivity contribution in [3.05, 3.63) is 64.7 Å². The number of benzene rings is 2. The SMILES string of the molecule is Cc1c(Cl)ccc2cc(C=O)c(N3CCN(c4ccccc4)CC3)nc12. The molecule has 0 saturated carbocycles. The summed E-state index contributed by atoms with van der Waals surface area (Å²) >= 11 is 6.26. The van der Waals surface area contributed by atoms with Crippen LogP contribution in [0.15, 0.2) is 48.5 Å². The molecule has 4 rings (SSSR count). The molecule has 0 atom stereocenters. The van der Waals surface area contributed by atoms with Crippen LogP contribution in [-0.4, -0.2) is 37.4 Å². The lowest BCUT2D eigenvalue weighted by Crippen LogP contribution is -2.47. The van der Waals surface area contributed by atoms with Crippen molar-refractivity contribution < 1.29 is 4.79 Å². The Hall–Kier alpha value is -2.59. The Morgan fingerprint density at radius 2 is 1.69 bits per heavy atom. The fourth-order valence-electron chi connectivity index (χ4n) is 3.52. The number of aldehydes is 1. The van der Waals surface area contributed by atoms with Crippen LogP contribution in [0.25, 0.3) is 10.9 Å². The van der Waals surface area contributed by atoms with Crippen molar-refractivity contribution in [1.29, 1.82) is 0 Å². The number of carbonyl (C=O) groups is 1. The number of para-hydroxylation sites is 1. The van der Waals surface area contributed by atoms with Gasteiger partial charge < -0.3 is 9.80 Å². The van der Waals surface area contributed by atoms with Crippen molar-refractivity contribution in [2.75, 3.05) is 36.0 Å². The summed E-state index contributed by atoms with van der Waals surface area (Å²) in [7, 11) is 0. The summed E-state index contributed by atoms with van der Waals surface area (Å²) in [4.78, 5) is 21.0. The molecular weight excluding hydrogens is 346 g/mol. The van der Waals surface area contributed by atoms with Crippen LogP contribution in [-0.2, 0) is 0 Å². The van der Waals surface area contributed by atoms with Crippen molar-refractivity contribution in [3.63, 3.8) is 0 Å². The number of carbonyl (C=O) groups excluding carboxylic acids is 1. The van der Waals surface area contributed by atoms with Gasteiger partial charge in [-0.2, -0.15) is 0 Å². The molecule has 0 spiro atoms. The normalized spacial score (nSPS) is 14.7. The summed E-state index contributed by atoms with van der Waals surface area (Å²) in [5.41, 5.74) is 3.68. The first kappa shape index (κ1) is 16.9. The van der Waals surface area contributed by atoms with Gasteiger partial charge in [0.1, 0.15) is 5.82 Å². The number of piperazine rings is 1. The largest absolute Gasteiger partial charge is 0.368 e. The Balaban J connectivity index is 1.64. The Kier molecular flexibility index (Phi) is 4.51. The maximum atomic E-state index is 11.6. The predicted octanol–water partition coefficient (Wildman–Crippen LogP) is 4.34. The molecule has 0 N–H and O–H groups in total. The van der Waals surface area contributed by atoms with Crippen molar-refractivity contribution in [3.8, 4) is 0 Å². The van der Waals surface area contributed by atoms with Gasteiger partial charge in [-0.15, -0.1) is 0 Å². The molecule has 3 aromatic rings. The third-order valence-electron chi connectivity index (χ3n) is 5.01. The number of aryl methyl sites for hydroxylation is 1. The number of pyridine rings is 1. The molecule has 0 radical (unpaired) electrons. The van der Waals surface area contributed by atoms with Crippen molar-refractivity contribution in [2.24, 2.45) is 0 Å². The summed E-state index contributed by atoms with van der Waals surface area (Å²) in [6, 6.07) is 16.1. The minimum absolute atomic E-state index is 0.632. The fraction of sp³-hybridized carbons (Fsp3) is 0.238. The average molecular weight is 366 g/mol. The molecule has 1 aliphatic heterocycles. The lowest BCUT2D eigenvalue weighted by Gasteiger charge is -2.37. The van der Waals surface area contributed by atoms with Crippen molar-refractivity contribution in [1.82, 2.24) is 4.98 Å². The number of hydrogen-bond acceptors (Lipinski definition) is 4. The molecule has 1 aromatic heterocycles. The van der Waals surface area contributed by atoms with E-state index >= 15 is 0 Å². The van der Waals surface area contributed by atoms with Crippen LogP contribution in [0.2, 0.25) is 5.02 Å². The maximum Gasteiger partial charge on any atom is 0.153 e. The van der Waals surface area contributed by atoms with Gasteiger partial charge >= 0.3 is 0 Å². The van der Waals surface area contributed by atoms with E-state index in [4.69, 9.17) is 16.6 Å². The third kappa shape index (κ3) is 3.01. The van der Waals surface area contributed by atoms with Crippen LogP contribution in [0.4, 0.5) is 11.5 Å². The molecule has 2 aromatic carbocycles. The van der Waals surface area contributed by atoms with E-state index in [1.54, 1.807) is 0 Å². The van der Waals surface area contributed by atoms with Crippen LogP contribution in [0.5, 0.6) is 0 Å².